The Morgan fingerprint density at radius 1 is 1.35 bits per heavy atom. The minimum Gasteiger partial charge on any atom is -0.475 e. The van der Waals surface area contributed by atoms with Gasteiger partial charge in [-0.05, 0) is 25.1 Å². The maximum atomic E-state index is 10.9. The van der Waals surface area contributed by atoms with Gasteiger partial charge in [0, 0.05) is 5.56 Å². The van der Waals surface area contributed by atoms with Crippen LogP contribution in [0.1, 0.15) is 21.9 Å². The highest BCUT2D eigenvalue weighted by atomic mass is 32.2. The molecular weight excluding hydrogens is 278 g/mol. The number of rotatable bonds is 4. The van der Waals surface area contributed by atoms with Crippen LogP contribution in [0.15, 0.2) is 44.4 Å². The van der Waals surface area contributed by atoms with E-state index in [1.807, 2.05) is 24.3 Å². The van der Waals surface area contributed by atoms with Gasteiger partial charge in [-0.15, -0.1) is 0 Å². The molecule has 1 N–H and O–H groups in total. The Morgan fingerprint density at radius 2 is 2.15 bits per heavy atom. The highest BCUT2D eigenvalue weighted by molar-refractivity contribution is 7.98. The van der Waals surface area contributed by atoms with Crippen LogP contribution in [-0.4, -0.2) is 16.1 Å². The number of furan rings is 1. The molecule has 5 nitrogen and oxygen atoms in total. The fraction of sp³-hybridized carbons (Fsp3) is 0.143. The molecule has 3 rings (SSSR count). The molecule has 0 saturated carbocycles. The lowest BCUT2D eigenvalue weighted by Gasteiger charge is -1.92. The van der Waals surface area contributed by atoms with E-state index in [0.29, 0.717) is 22.3 Å². The maximum Gasteiger partial charge on any atom is 0.372 e. The number of carboxylic acids is 1. The number of aromatic carboxylic acids is 1. The molecule has 0 unspecified atom stereocenters. The van der Waals surface area contributed by atoms with Crippen molar-refractivity contribution in [3.63, 3.8) is 0 Å². The standard InChI is InChI=1S/C14H11NO4S/c1-8-6-9(18-12(8)13(16)17)7-20-14-15-10-4-2-3-5-11(10)19-14/h2-6H,7H2,1H3,(H,16,17). The van der Waals surface area contributed by atoms with Crippen LogP contribution in [0, 0.1) is 6.92 Å². The fourth-order valence-corrected chi connectivity index (χ4v) is 2.60. The lowest BCUT2D eigenvalue weighted by atomic mass is 10.3. The Bertz CT molecular complexity index is 741. The van der Waals surface area contributed by atoms with Crippen molar-refractivity contribution in [1.29, 1.82) is 0 Å². The topological polar surface area (TPSA) is 76.5 Å². The van der Waals surface area contributed by atoms with Gasteiger partial charge in [0.25, 0.3) is 5.22 Å². The third kappa shape index (κ3) is 2.42. The van der Waals surface area contributed by atoms with Crippen LogP contribution >= 0.6 is 11.8 Å². The molecule has 0 fully saturated rings. The molecule has 1 aromatic carbocycles. The van der Waals surface area contributed by atoms with Crippen LogP contribution in [0.25, 0.3) is 11.1 Å². The lowest BCUT2D eigenvalue weighted by molar-refractivity contribution is 0.0659. The highest BCUT2D eigenvalue weighted by Crippen LogP contribution is 2.27. The van der Waals surface area contributed by atoms with Gasteiger partial charge in [-0.1, -0.05) is 23.9 Å². The summed E-state index contributed by atoms with van der Waals surface area (Å²) in [5.74, 6) is -0.00746. The van der Waals surface area contributed by atoms with Crippen molar-refractivity contribution < 1.29 is 18.7 Å². The van der Waals surface area contributed by atoms with E-state index in [0.717, 1.165) is 11.1 Å². The van der Waals surface area contributed by atoms with E-state index in [1.165, 1.54) is 11.8 Å². The molecule has 2 aromatic heterocycles. The Hall–Kier alpha value is -2.21. The fourth-order valence-electron chi connectivity index (χ4n) is 1.88. The summed E-state index contributed by atoms with van der Waals surface area (Å²) >= 11 is 1.37. The molecule has 0 saturated heterocycles. The molecule has 0 aliphatic rings. The van der Waals surface area contributed by atoms with Gasteiger partial charge in [0.15, 0.2) is 5.58 Å². The average Bonchev–Trinajstić information content (AvgIpc) is 2.99. The quantitative estimate of drug-likeness (QED) is 0.738. The molecule has 0 radical (unpaired) electrons. The molecule has 3 aromatic rings. The van der Waals surface area contributed by atoms with Crippen molar-refractivity contribution in [2.45, 2.75) is 17.9 Å². The summed E-state index contributed by atoms with van der Waals surface area (Å²) in [6, 6.07) is 9.23. The first-order valence-electron chi connectivity index (χ1n) is 5.94. The van der Waals surface area contributed by atoms with Gasteiger partial charge in [-0.25, -0.2) is 9.78 Å². The third-order valence-corrected chi connectivity index (χ3v) is 3.63. The van der Waals surface area contributed by atoms with E-state index in [-0.39, 0.29) is 5.76 Å². The SMILES string of the molecule is Cc1cc(CSc2nc3ccccc3o2)oc1C(=O)O. The summed E-state index contributed by atoms with van der Waals surface area (Å²) < 4.78 is 10.8. The normalized spacial score (nSPS) is 11.1. The molecule has 0 aliphatic heterocycles. The molecule has 102 valence electrons. The first-order chi connectivity index (χ1) is 9.63. The van der Waals surface area contributed by atoms with Gasteiger partial charge in [0.2, 0.25) is 5.76 Å². The number of oxazole rings is 1. The molecule has 0 amide bonds. The van der Waals surface area contributed by atoms with Crippen LogP contribution in [0.3, 0.4) is 0 Å². The Balaban J connectivity index is 1.76. The van der Waals surface area contributed by atoms with Gasteiger partial charge in [0.05, 0.1) is 5.75 Å². The largest absolute Gasteiger partial charge is 0.475 e. The number of hydrogen-bond donors (Lipinski definition) is 1. The monoisotopic (exact) mass is 289 g/mol. The first-order valence-corrected chi connectivity index (χ1v) is 6.93. The van der Waals surface area contributed by atoms with Crippen LogP contribution in [0.5, 0.6) is 0 Å². The minimum atomic E-state index is -1.05. The summed E-state index contributed by atoms with van der Waals surface area (Å²) in [7, 11) is 0. The van der Waals surface area contributed by atoms with E-state index in [9.17, 15) is 4.79 Å². The predicted molar refractivity (Wildman–Crippen MR) is 74.0 cm³/mol. The molecule has 2 heterocycles. The van der Waals surface area contributed by atoms with E-state index in [4.69, 9.17) is 13.9 Å². The van der Waals surface area contributed by atoms with Gasteiger partial charge >= 0.3 is 5.97 Å². The van der Waals surface area contributed by atoms with Crippen LogP contribution < -0.4 is 0 Å². The molecule has 0 atom stereocenters. The number of aromatic nitrogens is 1. The summed E-state index contributed by atoms with van der Waals surface area (Å²) in [5, 5.41) is 9.47. The molecule has 0 bridgehead atoms. The van der Waals surface area contributed by atoms with Crippen molar-refractivity contribution in [3.05, 3.63) is 47.4 Å². The molecule has 6 heteroatoms. The molecule has 20 heavy (non-hydrogen) atoms. The second-order valence-electron chi connectivity index (χ2n) is 4.27. The van der Waals surface area contributed by atoms with Crippen molar-refractivity contribution in [1.82, 2.24) is 4.98 Å². The highest BCUT2D eigenvalue weighted by Gasteiger charge is 2.15. The Labute approximate surface area is 118 Å². The minimum absolute atomic E-state index is 0.0156. The van der Waals surface area contributed by atoms with E-state index >= 15 is 0 Å². The van der Waals surface area contributed by atoms with Crippen LogP contribution in [-0.2, 0) is 5.75 Å². The predicted octanol–water partition coefficient (Wildman–Crippen LogP) is 3.72. The van der Waals surface area contributed by atoms with Crippen molar-refractivity contribution in [3.8, 4) is 0 Å². The summed E-state index contributed by atoms with van der Waals surface area (Å²) in [5.41, 5.74) is 2.15. The molecule has 0 aliphatic carbocycles. The number of carbonyl (C=O) groups is 1. The number of nitrogens with zero attached hydrogens (tertiary/aromatic N) is 1. The summed E-state index contributed by atoms with van der Waals surface area (Å²) in [6.07, 6.45) is 0. The van der Waals surface area contributed by atoms with Crippen LogP contribution in [0.4, 0.5) is 0 Å². The van der Waals surface area contributed by atoms with E-state index < -0.39 is 5.97 Å². The number of para-hydroxylation sites is 2. The Morgan fingerprint density at radius 3 is 2.85 bits per heavy atom. The van der Waals surface area contributed by atoms with Gasteiger partial charge in [-0.3, -0.25) is 0 Å². The number of fused-ring (bicyclic) bond motifs is 1. The zero-order chi connectivity index (χ0) is 14.1. The van der Waals surface area contributed by atoms with E-state index in [2.05, 4.69) is 4.98 Å². The second kappa shape index (κ2) is 5.05. The van der Waals surface area contributed by atoms with E-state index in [1.54, 1.807) is 13.0 Å². The van der Waals surface area contributed by atoms with Crippen molar-refractivity contribution >= 4 is 28.8 Å². The molecule has 0 spiro atoms. The lowest BCUT2D eigenvalue weighted by Crippen LogP contribution is -1.94. The number of carboxylic acid groups (broad SMARTS) is 1. The zero-order valence-electron chi connectivity index (χ0n) is 10.6. The summed E-state index contributed by atoms with van der Waals surface area (Å²) in [6.45, 7) is 1.71. The van der Waals surface area contributed by atoms with Gasteiger partial charge in [-0.2, -0.15) is 0 Å². The number of aryl methyl sites for hydroxylation is 1. The van der Waals surface area contributed by atoms with Gasteiger partial charge in [0.1, 0.15) is 11.3 Å². The van der Waals surface area contributed by atoms with Gasteiger partial charge < -0.3 is 13.9 Å². The molecular formula is C14H11NO4S. The third-order valence-electron chi connectivity index (χ3n) is 2.78. The van der Waals surface area contributed by atoms with Crippen molar-refractivity contribution in [2.75, 3.05) is 0 Å². The maximum absolute atomic E-state index is 10.9. The smallest absolute Gasteiger partial charge is 0.372 e. The van der Waals surface area contributed by atoms with Crippen LogP contribution in [0.2, 0.25) is 0 Å². The average molecular weight is 289 g/mol. The Kier molecular flexibility index (Phi) is 3.23. The number of benzene rings is 1. The zero-order valence-corrected chi connectivity index (χ0v) is 11.4. The number of thioether (sulfide) groups is 1. The summed E-state index contributed by atoms with van der Waals surface area (Å²) in [4.78, 5) is 15.2. The van der Waals surface area contributed by atoms with Crippen molar-refractivity contribution in [2.24, 2.45) is 0 Å². The first kappa shape index (κ1) is 12.8. The second-order valence-corrected chi connectivity index (χ2v) is 5.19. The number of hydrogen-bond acceptors (Lipinski definition) is 5.